The molecule has 0 spiro atoms. The van der Waals surface area contributed by atoms with Crippen LogP contribution in [0, 0.1) is 0 Å². The van der Waals surface area contributed by atoms with Crippen molar-refractivity contribution in [2.45, 2.75) is 12.2 Å². The van der Waals surface area contributed by atoms with Gasteiger partial charge in [0.2, 0.25) is 0 Å². The Labute approximate surface area is 66.2 Å². The van der Waals surface area contributed by atoms with Crippen molar-refractivity contribution in [1.82, 2.24) is 15.0 Å². The predicted molar refractivity (Wildman–Crippen MR) is 34.0 cm³/mol. The Morgan fingerprint density at radius 3 is 2.50 bits per heavy atom. The van der Waals surface area contributed by atoms with Gasteiger partial charge in [0.1, 0.15) is 11.7 Å². The highest BCUT2D eigenvalue weighted by Crippen LogP contribution is 2.28. The number of rotatable bonds is 1. The molecule has 1 atom stereocenters. The fourth-order valence-corrected chi connectivity index (χ4v) is 0.675. The first-order valence-corrected chi connectivity index (χ1v) is 3.10. The van der Waals surface area contributed by atoms with Gasteiger partial charge in [-0.3, -0.25) is 4.68 Å². The maximum atomic E-state index is 11.9. The summed E-state index contributed by atoms with van der Waals surface area (Å²) in [6.07, 6.45) is -3.33. The van der Waals surface area contributed by atoms with Crippen LogP contribution in [0.5, 0.6) is 0 Å². The van der Waals surface area contributed by atoms with Gasteiger partial charge in [-0.05, 0) is 0 Å². The molecule has 0 aliphatic rings. The van der Waals surface area contributed by atoms with E-state index in [4.69, 9.17) is 5.73 Å². The van der Waals surface area contributed by atoms with Crippen molar-refractivity contribution in [3.05, 3.63) is 11.9 Å². The summed E-state index contributed by atoms with van der Waals surface area (Å²) in [5.41, 5.74) is 4.57. The van der Waals surface area contributed by atoms with E-state index in [0.29, 0.717) is 0 Å². The lowest BCUT2D eigenvalue weighted by molar-refractivity contribution is -0.150. The topological polar surface area (TPSA) is 56.7 Å². The molecule has 4 nitrogen and oxygen atoms in total. The van der Waals surface area contributed by atoms with Crippen LogP contribution < -0.4 is 5.73 Å². The second-order valence-electron chi connectivity index (χ2n) is 2.34. The molecule has 7 heteroatoms. The van der Waals surface area contributed by atoms with E-state index < -0.39 is 12.2 Å². The summed E-state index contributed by atoms with van der Waals surface area (Å²) in [7, 11) is 1.47. The first kappa shape index (κ1) is 8.98. The van der Waals surface area contributed by atoms with Gasteiger partial charge in [-0.1, -0.05) is 5.21 Å². The molecular weight excluding hydrogens is 173 g/mol. The molecule has 68 valence electrons. The average Bonchev–Trinajstić information content (AvgIpc) is 2.32. The molecule has 2 N–H and O–H groups in total. The fourth-order valence-electron chi connectivity index (χ4n) is 0.675. The zero-order chi connectivity index (χ0) is 9.35. The highest BCUT2D eigenvalue weighted by atomic mass is 19.4. The van der Waals surface area contributed by atoms with Gasteiger partial charge >= 0.3 is 6.18 Å². The van der Waals surface area contributed by atoms with E-state index in [1.54, 1.807) is 0 Å². The third-order valence-electron chi connectivity index (χ3n) is 1.29. The minimum atomic E-state index is -4.46. The molecule has 0 aromatic carbocycles. The van der Waals surface area contributed by atoms with E-state index >= 15 is 0 Å². The maximum absolute atomic E-state index is 11.9. The standard InChI is InChI=1S/C5H7F3N4/c1-12-2-3(10-11-12)4(9)5(6,7)8/h2,4H,9H2,1H3. The summed E-state index contributed by atoms with van der Waals surface area (Å²) in [5, 5.41) is 6.59. The minimum Gasteiger partial charge on any atom is -0.315 e. The van der Waals surface area contributed by atoms with Crippen molar-refractivity contribution in [1.29, 1.82) is 0 Å². The molecular formula is C5H7F3N4. The molecule has 1 aromatic rings. The maximum Gasteiger partial charge on any atom is 0.409 e. The van der Waals surface area contributed by atoms with Crippen LogP contribution in [0.3, 0.4) is 0 Å². The van der Waals surface area contributed by atoms with Crippen LogP contribution >= 0.6 is 0 Å². The Hall–Kier alpha value is -1.11. The molecule has 0 amide bonds. The Morgan fingerprint density at radius 1 is 1.58 bits per heavy atom. The molecule has 1 heterocycles. The van der Waals surface area contributed by atoms with Crippen molar-refractivity contribution < 1.29 is 13.2 Å². The molecule has 0 radical (unpaired) electrons. The van der Waals surface area contributed by atoms with E-state index in [-0.39, 0.29) is 5.69 Å². The highest BCUT2D eigenvalue weighted by Gasteiger charge is 2.39. The molecule has 0 bridgehead atoms. The first-order valence-electron chi connectivity index (χ1n) is 3.10. The second-order valence-corrected chi connectivity index (χ2v) is 2.34. The molecule has 1 rings (SSSR count). The van der Waals surface area contributed by atoms with Crippen molar-refractivity contribution in [3.8, 4) is 0 Å². The summed E-state index contributed by atoms with van der Waals surface area (Å²) in [5.74, 6) is 0. The van der Waals surface area contributed by atoms with Gasteiger partial charge in [-0.15, -0.1) is 5.10 Å². The van der Waals surface area contributed by atoms with Crippen LogP contribution in [-0.2, 0) is 7.05 Å². The van der Waals surface area contributed by atoms with Crippen molar-refractivity contribution in [3.63, 3.8) is 0 Å². The quantitative estimate of drug-likeness (QED) is 0.679. The molecule has 0 saturated heterocycles. The lowest BCUT2D eigenvalue weighted by Crippen LogP contribution is -2.28. The molecule has 0 aliphatic carbocycles. The Bertz CT molecular complexity index is 266. The van der Waals surface area contributed by atoms with Gasteiger partial charge in [-0.25, -0.2) is 0 Å². The molecule has 1 unspecified atom stereocenters. The SMILES string of the molecule is Cn1cc(C(N)C(F)(F)F)nn1. The van der Waals surface area contributed by atoms with E-state index in [1.807, 2.05) is 0 Å². The predicted octanol–water partition coefficient (Wildman–Crippen LogP) is 0.377. The first-order chi connectivity index (χ1) is 5.41. The largest absolute Gasteiger partial charge is 0.409 e. The smallest absolute Gasteiger partial charge is 0.315 e. The monoisotopic (exact) mass is 180 g/mol. The van der Waals surface area contributed by atoms with Crippen molar-refractivity contribution in [2.75, 3.05) is 0 Å². The number of nitrogens with two attached hydrogens (primary N) is 1. The summed E-state index contributed by atoms with van der Waals surface area (Å²) in [4.78, 5) is 0. The van der Waals surface area contributed by atoms with E-state index in [2.05, 4.69) is 10.3 Å². The molecule has 1 aromatic heterocycles. The summed E-state index contributed by atoms with van der Waals surface area (Å²) >= 11 is 0. The number of hydrogen-bond acceptors (Lipinski definition) is 3. The number of hydrogen-bond donors (Lipinski definition) is 1. The van der Waals surface area contributed by atoms with Gasteiger partial charge in [0.05, 0.1) is 6.20 Å². The molecule has 12 heavy (non-hydrogen) atoms. The molecule has 0 aliphatic heterocycles. The second kappa shape index (κ2) is 2.74. The van der Waals surface area contributed by atoms with Crippen LogP contribution in [0.25, 0.3) is 0 Å². The number of halogens is 3. The van der Waals surface area contributed by atoms with Gasteiger partial charge in [0, 0.05) is 7.05 Å². The van der Waals surface area contributed by atoms with Gasteiger partial charge < -0.3 is 5.73 Å². The Kier molecular flexibility index (Phi) is 2.05. The zero-order valence-electron chi connectivity index (χ0n) is 6.21. The normalized spacial score (nSPS) is 14.8. The number of aryl methyl sites for hydroxylation is 1. The summed E-state index contributed by atoms with van der Waals surface area (Å²) in [6, 6.07) is -2.05. The minimum absolute atomic E-state index is 0.273. The lowest BCUT2D eigenvalue weighted by atomic mass is 10.2. The van der Waals surface area contributed by atoms with E-state index in [0.717, 1.165) is 6.20 Å². The van der Waals surface area contributed by atoms with Crippen LogP contribution in [-0.4, -0.2) is 21.2 Å². The van der Waals surface area contributed by atoms with Crippen molar-refractivity contribution >= 4 is 0 Å². The lowest BCUT2D eigenvalue weighted by Gasteiger charge is -2.11. The average molecular weight is 180 g/mol. The molecule has 0 fully saturated rings. The summed E-state index contributed by atoms with van der Waals surface area (Å²) in [6.45, 7) is 0. The van der Waals surface area contributed by atoms with E-state index in [1.165, 1.54) is 11.7 Å². The van der Waals surface area contributed by atoms with Gasteiger partial charge in [-0.2, -0.15) is 13.2 Å². The highest BCUT2D eigenvalue weighted by molar-refractivity contribution is 5.02. The van der Waals surface area contributed by atoms with Crippen LogP contribution in [0.4, 0.5) is 13.2 Å². The van der Waals surface area contributed by atoms with Gasteiger partial charge in [0.25, 0.3) is 0 Å². The third-order valence-corrected chi connectivity index (χ3v) is 1.29. The van der Waals surface area contributed by atoms with Crippen LogP contribution in [0.1, 0.15) is 11.7 Å². The van der Waals surface area contributed by atoms with Crippen LogP contribution in [0.15, 0.2) is 6.20 Å². The number of alkyl halides is 3. The Morgan fingerprint density at radius 2 is 2.17 bits per heavy atom. The number of nitrogens with zero attached hydrogens (tertiary/aromatic N) is 3. The molecule has 0 saturated carbocycles. The third kappa shape index (κ3) is 1.73. The zero-order valence-corrected chi connectivity index (χ0v) is 6.21. The Balaban J connectivity index is 2.85. The van der Waals surface area contributed by atoms with E-state index in [9.17, 15) is 13.2 Å². The summed E-state index contributed by atoms with van der Waals surface area (Å²) < 4.78 is 37.0. The van der Waals surface area contributed by atoms with Crippen LogP contribution in [0.2, 0.25) is 0 Å². The van der Waals surface area contributed by atoms with Gasteiger partial charge in [0.15, 0.2) is 0 Å². The number of aromatic nitrogens is 3. The van der Waals surface area contributed by atoms with Crippen molar-refractivity contribution in [2.24, 2.45) is 12.8 Å². The fraction of sp³-hybridized carbons (Fsp3) is 0.600.